The van der Waals surface area contributed by atoms with Gasteiger partial charge in [0.2, 0.25) is 5.91 Å². The molecular formula is C21H25F2N3O5S. The minimum Gasteiger partial charge on any atom is -0.442 e. The van der Waals surface area contributed by atoms with Crippen molar-refractivity contribution >= 4 is 33.2 Å². The van der Waals surface area contributed by atoms with Gasteiger partial charge in [-0.1, -0.05) is 0 Å². The molecule has 3 aliphatic heterocycles. The lowest BCUT2D eigenvalue weighted by Gasteiger charge is -2.47. The number of anilines is 2. The number of carbonyl (C=O) groups is 2. The molecule has 8 nitrogen and oxygen atoms in total. The molecular weight excluding hydrogens is 444 g/mol. The molecule has 2 amide bonds. The number of cyclic esters (lactones) is 1. The molecule has 1 aromatic carbocycles. The zero-order valence-corrected chi connectivity index (χ0v) is 18.3. The highest BCUT2D eigenvalue weighted by atomic mass is 32.2. The Balaban J connectivity index is 1.24. The molecule has 0 bridgehead atoms. The van der Waals surface area contributed by atoms with Crippen LogP contribution in [0.4, 0.5) is 25.0 Å². The summed E-state index contributed by atoms with van der Waals surface area (Å²) in [7, 11) is -2.96. The third-order valence-electron chi connectivity index (χ3n) is 6.83. The summed E-state index contributed by atoms with van der Waals surface area (Å²) < 4.78 is 58.2. The summed E-state index contributed by atoms with van der Waals surface area (Å²) >= 11 is 0. The van der Waals surface area contributed by atoms with E-state index in [1.165, 1.54) is 0 Å². The zero-order valence-electron chi connectivity index (χ0n) is 17.5. The average molecular weight is 470 g/mol. The maximum Gasteiger partial charge on any atom is 0.414 e. The quantitative estimate of drug-likeness (QED) is 0.707. The Morgan fingerprint density at radius 3 is 2.34 bits per heavy atom. The van der Waals surface area contributed by atoms with Crippen molar-refractivity contribution in [1.82, 2.24) is 5.32 Å². The summed E-state index contributed by atoms with van der Waals surface area (Å²) in [4.78, 5) is 26.8. The van der Waals surface area contributed by atoms with E-state index in [0.29, 0.717) is 25.9 Å². The fourth-order valence-electron chi connectivity index (χ4n) is 4.94. The number of rotatable bonds is 5. The molecule has 3 saturated heterocycles. The molecule has 4 fully saturated rings. The van der Waals surface area contributed by atoms with Crippen molar-refractivity contribution < 1.29 is 31.5 Å². The van der Waals surface area contributed by atoms with Gasteiger partial charge in [0.05, 0.1) is 30.3 Å². The van der Waals surface area contributed by atoms with Gasteiger partial charge in [0.15, 0.2) is 21.5 Å². The summed E-state index contributed by atoms with van der Waals surface area (Å²) in [6.07, 6.45) is 1.56. The van der Waals surface area contributed by atoms with Gasteiger partial charge in [-0.3, -0.25) is 9.69 Å². The normalized spacial score (nSPS) is 26.1. The second-order valence-electron chi connectivity index (χ2n) is 9.41. The molecule has 1 aliphatic carbocycles. The molecule has 0 aromatic heterocycles. The van der Waals surface area contributed by atoms with E-state index in [9.17, 15) is 26.8 Å². The van der Waals surface area contributed by atoms with Crippen molar-refractivity contribution in [2.75, 3.05) is 47.5 Å². The number of benzene rings is 1. The highest BCUT2D eigenvalue weighted by Gasteiger charge is 2.50. The van der Waals surface area contributed by atoms with Gasteiger partial charge in [0.25, 0.3) is 0 Å². The third-order valence-corrected chi connectivity index (χ3v) is 8.94. The van der Waals surface area contributed by atoms with Gasteiger partial charge in [-0.2, -0.15) is 0 Å². The van der Waals surface area contributed by atoms with Crippen molar-refractivity contribution in [2.24, 2.45) is 11.3 Å². The van der Waals surface area contributed by atoms with Crippen LogP contribution in [0.5, 0.6) is 0 Å². The van der Waals surface area contributed by atoms with Crippen LogP contribution < -0.4 is 15.1 Å². The number of amides is 2. The summed E-state index contributed by atoms with van der Waals surface area (Å²) in [5.74, 6) is -1.29. The van der Waals surface area contributed by atoms with E-state index in [-0.39, 0.29) is 53.2 Å². The van der Waals surface area contributed by atoms with E-state index < -0.39 is 33.7 Å². The van der Waals surface area contributed by atoms with Gasteiger partial charge in [-0.25, -0.2) is 22.0 Å². The number of nitrogens with zero attached hydrogens (tertiary/aromatic N) is 2. The van der Waals surface area contributed by atoms with Crippen LogP contribution in [0.1, 0.15) is 25.7 Å². The van der Waals surface area contributed by atoms with Gasteiger partial charge >= 0.3 is 6.09 Å². The van der Waals surface area contributed by atoms with E-state index in [4.69, 9.17) is 4.74 Å². The maximum absolute atomic E-state index is 14.9. The Kier molecular flexibility index (Phi) is 5.06. The van der Waals surface area contributed by atoms with Crippen molar-refractivity contribution in [3.8, 4) is 0 Å². The van der Waals surface area contributed by atoms with Crippen LogP contribution >= 0.6 is 0 Å². The fourth-order valence-corrected chi connectivity index (χ4v) is 7.30. The van der Waals surface area contributed by atoms with Crippen LogP contribution in [-0.2, 0) is 19.4 Å². The molecule has 4 aliphatic rings. The number of carbonyl (C=O) groups excluding carboxylic acids is 2. The number of halogens is 2. The number of piperidine rings is 1. The molecule has 1 aromatic rings. The molecule has 1 saturated carbocycles. The van der Waals surface area contributed by atoms with Crippen LogP contribution in [0.2, 0.25) is 0 Å². The first-order valence-electron chi connectivity index (χ1n) is 10.9. The van der Waals surface area contributed by atoms with Gasteiger partial charge in [-0.15, -0.1) is 0 Å². The smallest absolute Gasteiger partial charge is 0.414 e. The second-order valence-corrected chi connectivity index (χ2v) is 11.5. The Hall–Kier alpha value is -2.43. The topological polar surface area (TPSA) is 96.0 Å². The first-order valence-corrected chi connectivity index (χ1v) is 12.7. The lowest BCUT2D eigenvalue weighted by Crippen LogP contribution is -2.54. The van der Waals surface area contributed by atoms with Gasteiger partial charge in [0.1, 0.15) is 11.8 Å². The van der Waals surface area contributed by atoms with E-state index in [2.05, 4.69) is 5.32 Å². The van der Waals surface area contributed by atoms with Crippen LogP contribution in [0.25, 0.3) is 0 Å². The molecule has 1 spiro atoms. The number of nitrogens with one attached hydrogen (secondary N) is 1. The highest BCUT2D eigenvalue weighted by Crippen LogP contribution is 2.44. The van der Waals surface area contributed by atoms with Crippen molar-refractivity contribution in [3.63, 3.8) is 0 Å². The number of hydrogen-bond donors (Lipinski definition) is 1. The lowest BCUT2D eigenvalue weighted by atomic mass is 9.81. The second kappa shape index (κ2) is 7.57. The Labute approximate surface area is 184 Å². The minimum atomic E-state index is -2.96. The van der Waals surface area contributed by atoms with E-state index in [0.717, 1.165) is 29.9 Å². The Morgan fingerprint density at radius 1 is 1.16 bits per heavy atom. The highest BCUT2D eigenvalue weighted by molar-refractivity contribution is 7.92. The van der Waals surface area contributed by atoms with E-state index in [1.54, 1.807) is 4.90 Å². The maximum atomic E-state index is 14.9. The van der Waals surface area contributed by atoms with E-state index in [1.807, 2.05) is 0 Å². The monoisotopic (exact) mass is 469 g/mol. The van der Waals surface area contributed by atoms with Crippen LogP contribution in [-0.4, -0.2) is 64.2 Å². The molecule has 3 heterocycles. The largest absolute Gasteiger partial charge is 0.442 e. The molecule has 174 valence electrons. The van der Waals surface area contributed by atoms with E-state index >= 15 is 0 Å². The fraction of sp³-hybridized carbons (Fsp3) is 0.619. The lowest BCUT2D eigenvalue weighted by molar-refractivity contribution is -0.122. The van der Waals surface area contributed by atoms with Crippen molar-refractivity contribution in [2.45, 2.75) is 31.8 Å². The summed E-state index contributed by atoms with van der Waals surface area (Å²) in [5, 5.41) is 2.74. The predicted octanol–water partition coefficient (Wildman–Crippen LogP) is 1.83. The number of ether oxygens (including phenoxy) is 1. The molecule has 32 heavy (non-hydrogen) atoms. The van der Waals surface area contributed by atoms with Crippen molar-refractivity contribution in [3.05, 3.63) is 23.8 Å². The zero-order chi connectivity index (χ0) is 22.7. The summed E-state index contributed by atoms with van der Waals surface area (Å²) in [6, 6.07) is 2.23. The van der Waals surface area contributed by atoms with Crippen LogP contribution in [0, 0.1) is 23.0 Å². The SMILES string of the molecule is O=C(NC[C@H]1CN(c2cc(F)c(N3CCC4(CC3)CS(=O)(=O)C4)c(F)c2)C(=O)O1)C1CC1. The van der Waals surface area contributed by atoms with Gasteiger partial charge in [-0.05, 0) is 25.7 Å². The van der Waals surface area contributed by atoms with Gasteiger partial charge in [0, 0.05) is 36.6 Å². The summed E-state index contributed by atoms with van der Waals surface area (Å²) in [6.45, 7) is 0.989. The predicted molar refractivity (Wildman–Crippen MR) is 112 cm³/mol. The molecule has 5 rings (SSSR count). The van der Waals surface area contributed by atoms with Gasteiger partial charge < -0.3 is 15.0 Å². The van der Waals surface area contributed by atoms with Crippen LogP contribution in [0.3, 0.4) is 0 Å². The van der Waals surface area contributed by atoms with Crippen molar-refractivity contribution in [1.29, 1.82) is 0 Å². The first-order chi connectivity index (χ1) is 15.1. The van der Waals surface area contributed by atoms with Crippen LogP contribution in [0.15, 0.2) is 12.1 Å². The first kappa shape index (κ1) is 21.4. The Morgan fingerprint density at radius 2 is 1.78 bits per heavy atom. The molecule has 0 radical (unpaired) electrons. The molecule has 0 unspecified atom stereocenters. The number of hydrogen-bond acceptors (Lipinski definition) is 6. The number of sulfone groups is 1. The summed E-state index contributed by atoms with van der Waals surface area (Å²) in [5.41, 5.74) is -0.360. The molecule has 11 heteroatoms. The molecule has 1 N–H and O–H groups in total. The third kappa shape index (κ3) is 4.02. The standard InChI is InChI=1S/C21H25F2N3O5S/c22-16-7-14(26-10-15(31-20(26)28)9-24-19(27)13-1-2-13)8-17(23)18(16)25-5-3-21(4-6-25)11-32(29,30)12-21/h7-8,13,15H,1-6,9-12H2,(H,24,27)/t15-/m0/s1. The molecule has 1 atom stereocenters. The average Bonchev–Trinajstić information content (AvgIpc) is 3.48. The minimum absolute atomic E-state index is 0.0392. The Bertz CT molecular complexity index is 1030.